The van der Waals surface area contributed by atoms with Crippen molar-refractivity contribution in [3.05, 3.63) is 30.3 Å². The molecule has 4 nitrogen and oxygen atoms in total. The molecule has 0 saturated carbocycles. The van der Waals surface area contributed by atoms with Crippen molar-refractivity contribution in [3.8, 4) is 0 Å². The Hall–Kier alpha value is -1.49. The summed E-state index contributed by atoms with van der Waals surface area (Å²) >= 11 is 1.26. The summed E-state index contributed by atoms with van der Waals surface area (Å²) in [6.45, 7) is 9.26. The molecule has 1 aromatic carbocycles. The molecule has 0 aliphatic heterocycles. The minimum Gasteiger partial charge on any atom is -0.481 e. The van der Waals surface area contributed by atoms with Crippen molar-refractivity contribution in [1.82, 2.24) is 0 Å². The highest BCUT2D eigenvalue weighted by Gasteiger charge is 2.37. The van der Waals surface area contributed by atoms with Gasteiger partial charge in [-0.3, -0.25) is 9.59 Å². The zero-order valence-corrected chi connectivity index (χ0v) is 15.2. The Morgan fingerprint density at radius 3 is 2.17 bits per heavy atom. The number of carbonyl (C=O) groups excluding carboxylic acids is 1. The van der Waals surface area contributed by atoms with E-state index in [0.29, 0.717) is 6.42 Å². The lowest BCUT2D eigenvalue weighted by atomic mass is 9.94. The number of rotatable bonds is 7. The number of aliphatic carboxylic acids is 1. The first-order valence-corrected chi connectivity index (χ1v) is 8.65. The summed E-state index contributed by atoms with van der Waals surface area (Å²) in [6, 6.07) is 9.36. The normalized spacial score (nSPS) is 14.3. The molecule has 0 aliphatic carbocycles. The van der Waals surface area contributed by atoms with Crippen LogP contribution in [0, 0.1) is 11.8 Å². The number of thioether (sulfide) groups is 1. The lowest BCUT2D eigenvalue weighted by Crippen LogP contribution is -2.38. The minimum absolute atomic E-state index is 0.178. The topological polar surface area (TPSA) is 63.6 Å². The van der Waals surface area contributed by atoms with E-state index in [4.69, 9.17) is 4.74 Å². The fourth-order valence-corrected chi connectivity index (χ4v) is 3.31. The van der Waals surface area contributed by atoms with Crippen LogP contribution < -0.4 is 0 Å². The molecular weight excluding hydrogens is 312 g/mol. The van der Waals surface area contributed by atoms with Crippen molar-refractivity contribution in [2.24, 2.45) is 11.8 Å². The van der Waals surface area contributed by atoms with Gasteiger partial charge in [0.1, 0.15) is 10.9 Å². The molecule has 0 bridgehead atoms. The first-order valence-electron chi connectivity index (χ1n) is 7.77. The second-order valence-electron chi connectivity index (χ2n) is 6.96. The number of carboxylic acid groups (broad SMARTS) is 1. The van der Waals surface area contributed by atoms with Gasteiger partial charge >= 0.3 is 11.9 Å². The summed E-state index contributed by atoms with van der Waals surface area (Å²) < 4.78 is 5.46. The zero-order valence-electron chi connectivity index (χ0n) is 14.4. The second kappa shape index (κ2) is 8.39. The van der Waals surface area contributed by atoms with Gasteiger partial charge in [-0.15, -0.1) is 11.8 Å². The van der Waals surface area contributed by atoms with Crippen LogP contribution in [0.4, 0.5) is 0 Å². The standard InChI is InChI=1S/C18H26O4S/c1-12(2)11-14(16(19)20)15(17(21)22-18(3,4)5)23-13-9-7-6-8-10-13/h6-10,12,14-15H,11H2,1-5H3,(H,19,20)/t14-,15?/m1/s1. The van der Waals surface area contributed by atoms with E-state index in [9.17, 15) is 14.7 Å². The number of ether oxygens (including phenoxy) is 1. The largest absolute Gasteiger partial charge is 0.481 e. The van der Waals surface area contributed by atoms with Crippen LogP contribution in [0.3, 0.4) is 0 Å². The van der Waals surface area contributed by atoms with Crippen molar-refractivity contribution >= 4 is 23.7 Å². The van der Waals surface area contributed by atoms with Crippen molar-refractivity contribution < 1.29 is 19.4 Å². The third-order valence-electron chi connectivity index (χ3n) is 3.05. The molecule has 1 unspecified atom stereocenters. The molecule has 5 heteroatoms. The predicted molar refractivity (Wildman–Crippen MR) is 92.5 cm³/mol. The first-order chi connectivity index (χ1) is 10.6. The molecular formula is C18H26O4S. The van der Waals surface area contributed by atoms with Gasteiger partial charge in [0, 0.05) is 4.90 Å². The molecule has 0 spiro atoms. The van der Waals surface area contributed by atoms with Crippen molar-refractivity contribution in [1.29, 1.82) is 0 Å². The van der Waals surface area contributed by atoms with Crippen molar-refractivity contribution in [3.63, 3.8) is 0 Å². The Kier molecular flexibility index (Phi) is 7.13. The Morgan fingerprint density at radius 1 is 1.17 bits per heavy atom. The average Bonchev–Trinajstić information content (AvgIpc) is 2.41. The number of carbonyl (C=O) groups is 2. The van der Waals surface area contributed by atoms with Gasteiger partial charge in [-0.05, 0) is 45.2 Å². The third kappa shape index (κ3) is 7.08. The van der Waals surface area contributed by atoms with Crippen LogP contribution in [-0.4, -0.2) is 27.9 Å². The number of hydrogen-bond acceptors (Lipinski definition) is 4. The maximum atomic E-state index is 12.6. The molecule has 0 aromatic heterocycles. The number of esters is 1. The van der Waals surface area contributed by atoms with Crippen LogP contribution in [-0.2, 0) is 14.3 Å². The highest BCUT2D eigenvalue weighted by molar-refractivity contribution is 8.00. The summed E-state index contributed by atoms with van der Waals surface area (Å²) in [5.41, 5.74) is -0.645. The lowest BCUT2D eigenvalue weighted by Gasteiger charge is -2.27. The monoisotopic (exact) mass is 338 g/mol. The van der Waals surface area contributed by atoms with Crippen LogP contribution in [0.1, 0.15) is 41.0 Å². The molecule has 1 rings (SSSR count). The first kappa shape index (κ1) is 19.6. The van der Waals surface area contributed by atoms with E-state index in [1.54, 1.807) is 20.8 Å². The second-order valence-corrected chi connectivity index (χ2v) is 8.17. The van der Waals surface area contributed by atoms with Crippen LogP contribution in [0.2, 0.25) is 0 Å². The molecule has 23 heavy (non-hydrogen) atoms. The van der Waals surface area contributed by atoms with Crippen LogP contribution >= 0.6 is 11.8 Å². The van der Waals surface area contributed by atoms with E-state index in [1.807, 2.05) is 44.2 Å². The van der Waals surface area contributed by atoms with Crippen molar-refractivity contribution in [2.75, 3.05) is 0 Å². The molecule has 0 saturated heterocycles. The fraction of sp³-hybridized carbons (Fsp3) is 0.556. The fourth-order valence-electron chi connectivity index (χ4n) is 2.16. The zero-order chi connectivity index (χ0) is 17.6. The van der Waals surface area contributed by atoms with E-state index >= 15 is 0 Å². The summed E-state index contributed by atoms with van der Waals surface area (Å²) in [5, 5.41) is 8.83. The Balaban J connectivity index is 3.07. The van der Waals surface area contributed by atoms with E-state index in [-0.39, 0.29) is 5.92 Å². The maximum absolute atomic E-state index is 12.6. The van der Waals surface area contributed by atoms with Gasteiger partial charge in [-0.1, -0.05) is 32.0 Å². The van der Waals surface area contributed by atoms with E-state index < -0.39 is 28.7 Å². The number of hydrogen-bond donors (Lipinski definition) is 1. The minimum atomic E-state index is -0.960. The molecule has 0 fully saturated rings. The maximum Gasteiger partial charge on any atom is 0.320 e. The quantitative estimate of drug-likeness (QED) is 0.595. The molecule has 0 heterocycles. The highest BCUT2D eigenvalue weighted by Crippen LogP contribution is 2.33. The van der Waals surface area contributed by atoms with E-state index in [2.05, 4.69) is 0 Å². The Morgan fingerprint density at radius 2 is 1.74 bits per heavy atom. The van der Waals surface area contributed by atoms with Gasteiger partial charge in [0.05, 0.1) is 5.92 Å². The van der Waals surface area contributed by atoms with Gasteiger partial charge in [-0.25, -0.2) is 0 Å². The summed E-state index contributed by atoms with van der Waals surface area (Å²) in [5.74, 6) is -2.04. The lowest BCUT2D eigenvalue weighted by molar-refractivity contribution is -0.159. The average molecular weight is 338 g/mol. The SMILES string of the molecule is CC(C)C[C@@H](C(=O)O)C(Sc1ccccc1)C(=O)OC(C)(C)C. The predicted octanol–water partition coefficient (Wildman–Crippen LogP) is 4.24. The third-order valence-corrected chi connectivity index (χ3v) is 4.37. The molecule has 128 valence electrons. The molecule has 0 aliphatic rings. The number of carboxylic acids is 1. The van der Waals surface area contributed by atoms with Gasteiger partial charge in [0.2, 0.25) is 0 Å². The number of benzene rings is 1. The summed E-state index contributed by atoms with van der Waals surface area (Å²) in [7, 11) is 0. The van der Waals surface area contributed by atoms with E-state index in [1.165, 1.54) is 11.8 Å². The van der Waals surface area contributed by atoms with Crippen molar-refractivity contribution in [2.45, 2.75) is 56.8 Å². The van der Waals surface area contributed by atoms with Gasteiger partial charge in [0.15, 0.2) is 0 Å². The molecule has 0 radical (unpaired) electrons. The van der Waals surface area contributed by atoms with Crippen LogP contribution in [0.25, 0.3) is 0 Å². The van der Waals surface area contributed by atoms with E-state index in [0.717, 1.165) is 4.90 Å². The summed E-state index contributed by atoms with van der Waals surface area (Å²) in [6.07, 6.45) is 0.430. The Bertz CT molecular complexity index is 520. The van der Waals surface area contributed by atoms with Gasteiger partial charge in [-0.2, -0.15) is 0 Å². The van der Waals surface area contributed by atoms with Gasteiger partial charge < -0.3 is 9.84 Å². The molecule has 2 atom stereocenters. The molecule has 0 amide bonds. The molecule has 1 aromatic rings. The van der Waals surface area contributed by atoms with Crippen LogP contribution in [0.5, 0.6) is 0 Å². The van der Waals surface area contributed by atoms with Gasteiger partial charge in [0.25, 0.3) is 0 Å². The highest BCUT2D eigenvalue weighted by atomic mass is 32.2. The molecule has 1 N–H and O–H groups in total. The van der Waals surface area contributed by atoms with Crippen LogP contribution in [0.15, 0.2) is 35.2 Å². The summed E-state index contributed by atoms with van der Waals surface area (Å²) in [4.78, 5) is 25.2. The Labute approximate surface area is 142 Å². The smallest absolute Gasteiger partial charge is 0.320 e.